The van der Waals surface area contributed by atoms with Gasteiger partial charge in [0.15, 0.2) is 0 Å². The fourth-order valence-electron chi connectivity index (χ4n) is 4.29. The number of alkyl halides is 3. The Morgan fingerprint density at radius 3 is 2.31 bits per heavy atom. The van der Waals surface area contributed by atoms with Crippen LogP contribution in [0.15, 0.2) is 72.8 Å². The van der Waals surface area contributed by atoms with E-state index >= 15 is 0 Å². The van der Waals surface area contributed by atoms with E-state index in [4.69, 9.17) is 4.74 Å². The quantitative estimate of drug-likeness (QED) is 0.584. The largest absolute Gasteiger partial charge is 0.497 e. The van der Waals surface area contributed by atoms with Crippen LogP contribution < -0.4 is 15.0 Å². The Kier molecular flexibility index (Phi) is 5.82. The number of hydrogen-bond donors (Lipinski definition) is 1. The number of ether oxygens (including phenoxy) is 1. The molecule has 166 valence electrons. The molecule has 0 aromatic heterocycles. The zero-order valence-electron chi connectivity index (χ0n) is 17.7. The van der Waals surface area contributed by atoms with Crippen LogP contribution in [0.2, 0.25) is 0 Å². The SMILES string of the molecule is COc1ccc(N2c3ccccc3C[C@H](NC(=O)C(F)(F)F)[C@H]2c2ccccc2C)cc1. The number of amides is 1. The molecule has 0 saturated carbocycles. The predicted octanol–water partition coefficient (Wildman–Crippen LogP) is 5.49. The lowest BCUT2D eigenvalue weighted by Crippen LogP contribution is -2.52. The maximum atomic E-state index is 13.2. The molecule has 0 bridgehead atoms. The van der Waals surface area contributed by atoms with Gasteiger partial charge in [-0.2, -0.15) is 13.2 Å². The average molecular weight is 440 g/mol. The Bertz CT molecular complexity index is 1110. The van der Waals surface area contributed by atoms with Gasteiger partial charge in [0.2, 0.25) is 0 Å². The van der Waals surface area contributed by atoms with Gasteiger partial charge in [-0.1, -0.05) is 42.5 Å². The summed E-state index contributed by atoms with van der Waals surface area (Å²) in [6.45, 7) is 1.92. The van der Waals surface area contributed by atoms with Crippen LogP contribution in [-0.4, -0.2) is 25.2 Å². The topological polar surface area (TPSA) is 41.6 Å². The van der Waals surface area contributed by atoms with E-state index in [-0.39, 0.29) is 6.42 Å². The normalized spacial score (nSPS) is 18.1. The second kappa shape index (κ2) is 8.57. The molecule has 0 saturated heterocycles. The van der Waals surface area contributed by atoms with E-state index in [1.165, 1.54) is 0 Å². The minimum Gasteiger partial charge on any atom is -0.497 e. The van der Waals surface area contributed by atoms with Gasteiger partial charge in [0.25, 0.3) is 0 Å². The van der Waals surface area contributed by atoms with E-state index < -0.39 is 24.2 Å². The summed E-state index contributed by atoms with van der Waals surface area (Å²) >= 11 is 0. The van der Waals surface area contributed by atoms with Crippen molar-refractivity contribution in [2.45, 2.75) is 31.6 Å². The zero-order valence-corrected chi connectivity index (χ0v) is 17.7. The third-order valence-corrected chi connectivity index (χ3v) is 5.78. The third-order valence-electron chi connectivity index (χ3n) is 5.78. The molecule has 0 aliphatic carbocycles. The molecular formula is C25H23F3N2O2. The van der Waals surface area contributed by atoms with E-state index in [0.717, 1.165) is 28.1 Å². The van der Waals surface area contributed by atoms with Gasteiger partial charge in [-0.3, -0.25) is 4.79 Å². The first-order chi connectivity index (χ1) is 15.3. The molecule has 4 rings (SSSR count). The number of carbonyl (C=O) groups is 1. The number of halogens is 3. The number of anilines is 2. The van der Waals surface area contributed by atoms with Gasteiger partial charge in [-0.05, 0) is 60.4 Å². The van der Waals surface area contributed by atoms with Crippen LogP contribution in [0, 0.1) is 6.92 Å². The summed E-state index contributed by atoms with van der Waals surface area (Å²) < 4.78 is 44.8. The first-order valence-electron chi connectivity index (χ1n) is 10.2. The molecule has 7 heteroatoms. The van der Waals surface area contributed by atoms with Crippen molar-refractivity contribution in [3.8, 4) is 5.75 Å². The van der Waals surface area contributed by atoms with Crippen molar-refractivity contribution >= 4 is 17.3 Å². The van der Waals surface area contributed by atoms with Crippen LogP contribution in [-0.2, 0) is 11.2 Å². The summed E-state index contributed by atoms with van der Waals surface area (Å²) in [7, 11) is 1.57. The van der Waals surface area contributed by atoms with Crippen LogP contribution >= 0.6 is 0 Å². The molecule has 32 heavy (non-hydrogen) atoms. The van der Waals surface area contributed by atoms with Crippen molar-refractivity contribution in [1.29, 1.82) is 0 Å². The molecule has 0 radical (unpaired) electrons. The van der Waals surface area contributed by atoms with Crippen LogP contribution in [0.4, 0.5) is 24.5 Å². The lowest BCUT2D eigenvalue weighted by Gasteiger charge is -2.44. The van der Waals surface area contributed by atoms with Crippen LogP contribution in [0.5, 0.6) is 5.75 Å². The van der Waals surface area contributed by atoms with Gasteiger partial charge in [0.05, 0.1) is 19.2 Å². The fourth-order valence-corrected chi connectivity index (χ4v) is 4.29. The number of methoxy groups -OCH3 is 1. The predicted molar refractivity (Wildman–Crippen MR) is 117 cm³/mol. The molecule has 1 aliphatic heterocycles. The molecule has 1 heterocycles. The average Bonchev–Trinajstić information content (AvgIpc) is 2.78. The number of hydrogen-bond acceptors (Lipinski definition) is 3. The number of nitrogens with zero attached hydrogens (tertiary/aromatic N) is 1. The van der Waals surface area contributed by atoms with Crippen molar-refractivity contribution in [2.75, 3.05) is 12.0 Å². The maximum Gasteiger partial charge on any atom is 0.471 e. The highest BCUT2D eigenvalue weighted by molar-refractivity contribution is 5.83. The van der Waals surface area contributed by atoms with E-state index in [0.29, 0.717) is 5.75 Å². The van der Waals surface area contributed by atoms with Gasteiger partial charge < -0.3 is 15.0 Å². The zero-order chi connectivity index (χ0) is 22.9. The van der Waals surface area contributed by atoms with Gasteiger partial charge >= 0.3 is 12.1 Å². The van der Waals surface area contributed by atoms with Crippen molar-refractivity contribution < 1.29 is 22.7 Å². The number of carbonyl (C=O) groups excluding carboxylic acids is 1. The van der Waals surface area contributed by atoms with Gasteiger partial charge in [-0.15, -0.1) is 0 Å². The lowest BCUT2D eigenvalue weighted by atomic mass is 9.84. The Morgan fingerprint density at radius 1 is 1.00 bits per heavy atom. The molecule has 2 atom stereocenters. The van der Waals surface area contributed by atoms with E-state index in [2.05, 4.69) is 5.32 Å². The number of para-hydroxylation sites is 1. The Morgan fingerprint density at radius 2 is 1.66 bits per heavy atom. The smallest absolute Gasteiger partial charge is 0.471 e. The number of benzene rings is 3. The minimum absolute atomic E-state index is 0.281. The van der Waals surface area contributed by atoms with E-state index in [1.54, 1.807) is 7.11 Å². The number of aryl methyl sites for hydroxylation is 1. The second-order valence-corrected chi connectivity index (χ2v) is 7.78. The fraction of sp³-hybridized carbons (Fsp3) is 0.240. The third kappa shape index (κ3) is 4.15. The molecule has 0 spiro atoms. The summed E-state index contributed by atoms with van der Waals surface area (Å²) in [5.41, 5.74) is 4.33. The van der Waals surface area contributed by atoms with Gasteiger partial charge in [-0.25, -0.2) is 0 Å². The molecular weight excluding hydrogens is 417 g/mol. The Hall–Kier alpha value is -3.48. The second-order valence-electron chi connectivity index (χ2n) is 7.78. The van der Waals surface area contributed by atoms with Crippen LogP contribution in [0.1, 0.15) is 22.7 Å². The van der Waals surface area contributed by atoms with Crippen molar-refractivity contribution in [1.82, 2.24) is 5.32 Å². The van der Waals surface area contributed by atoms with Crippen molar-refractivity contribution in [2.24, 2.45) is 0 Å². The summed E-state index contributed by atoms with van der Waals surface area (Å²) in [6, 6.07) is 21.2. The van der Waals surface area contributed by atoms with E-state index in [9.17, 15) is 18.0 Å². The lowest BCUT2D eigenvalue weighted by molar-refractivity contribution is -0.174. The molecule has 3 aromatic rings. The summed E-state index contributed by atoms with van der Waals surface area (Å²) in [5, 5.41) is 2.27. The maximum absolute atomic E-state index is 13.2. The highest BCUT2D eigenvalue weighted by Crippen LogP contribution is 2.45. The molecule has 3 aromatic carbocycles. The molecule has 0 fully saturated rings. The number of fused-ring (bicyclic) bond motifs is 1. The van der Waals surface area contributed by atoms with Crippen LogP contribution in [0.3, 0.4) is 0 Å². The monoisotopic (exact) mass is 440 g/mol. The summed E-state index contributed by atoms with van der Waals surface area (Å²) in [5.74, 6) is -1.26. The van der Waals surface area contributed by atoms with Gasteiger partial charge in [0.1, 0.15) is 5.75 Å². The van der Waals surface area contributed by atoms with Crippen molar-refractivity contribution in [3.63, 3.8) is 0 Å². The minimum atomic E-state index is -4.96. The summed E-state index contributed by atoms with van der Waals surface area (Å²) in [6.07, 6.45) is -4.68. The number of nitrogens with one attached hydrogen (secondary N) is 1. The van der Waals surface area contributed by atoms with Crippen molar-refractivity contribution in [3.05, 3.63) is 89.5 Å². The number of rotatable bonds is 4. The summed E-state index contributed by atoms with van der Waals surface area (Å²) in [4.78, 5) is 14.0. The highest BCUT2D eigenvalue weighted by atomic mass is 19.4. The molecule has 4 nitrogen and oxygen atoms in total. The molecule has 1 aliphatic rings. The first-order valence-corrected chi connectivity index (χ1v) is 10.2. The van der Waals surface area contributed by atoms with Crippen LogP contribution in [0.25, 0.3) is 0 Å². The standard InChI is InChI=1S/C25H23F3N2O2/c1-16-7-3-5-9-20(16)23-21(29-24(31)25(26,27)28)15-17-8-4-6-10-22(17)30(23)18-11-13-19(32-2)14-12-18/h3-14,21,23H,15H2,1-2H3,(H,29,31)/t21-,23+/m0/s1. The molecule has 1 amide bonds. The Labute approximate surface area is 184 Å². The van der Waals surface area contributed by atoms with E-state index in [1.807, 2.05) is 84.6 Å². The Balaban J connectivity index is 1.89. The molecule has 1 N–H and O–H groups in total. The molecule has 0 unspecified atom stereocenters. The highest BCUT2D eigenvalue weighted by Gasteiger charge is 2.44. The first kappa shape index (κ1) is 21.7. The van der Waals surface area contributed by atoms with Gasteiger partial charge in [0, 0.05) is 11.4 Å².